The number of aryl methyl sites for hydroxylation is 1. The monoisotopic (exact) mass is 427 g/mol. The van der Waals surface area contributed by atoms with Crippen molar-refractivity contribution >= 4 is 22.8 Å². The van der Waals surface area contributed by atoms with E-state index in [4.69, 9.17) is 14.5 Å². The van der Waals surface area contributed by atoms with Gasteiger partial charge in [-0.25, -0.2) is 4.79 Å². The lowest BCUT2D eigenvalue weighted by molar-refractivity contribution is -0.908. The average Bonchev–Trinajstić information content (AvgIpc) is 3.38. The third-order valence-corrected chi connectivity index (χ3v) is 6.27. The minimum absolute atomic E-state index is 0.263. The van der Waals surface area contributed by atoms with Crippen LogP contribution in [0.15, 0.2) is 33.9 Å². The molecule has 0 unspecified atom stereocenters. The van der Waals surface area contributed by atoms with E-state index in [0.717, 1.165) is 44.3 Å². The Labute approximate surface area is 178 Å². The highest BCUT2D eigenvalue weighted by Gasteiger charge is 2.29. The van der Waals surface area contributed by atoms with Gasteiger partial charge in [-0.3, -0.25) is 13.9 Å². The second-order valence-electron chi connectivity index (χ2n) is 8.00. The Morgan fingerprint density at radius 3 is 2.58 bits per heavy atom. The van der Waals surface area contributed by atoms with Gasteiger partial charge in [0.15, 0.2) is 11.2 Å². The summed E-state index contributed by atoms with van der Waals surface area (Å²) in [4.78, 5) is 34.4. The van der Waals surface area contributed by atoms with E-state index in [2.05, 4.69) is 4.90 Å². The first-order chi connectivity index (χ1) is 15.1. The zero-order valence-corrected chi connectivity index (χ0v) is 17.8. The third kappa shape index (κ3) is 3.31. The van der Waals surface area contributed by atoms with Gasteiger partial charge in [0.25, 0.3) is 5.56 Å². The van der Waals surface area contributed by atoms with Crippen LogP contribution in [0.5, 0.6) is 5.75 Å². The summed E-state index contributed by atoms with van der Waals surface area (Å²) in [5, 5.41) is 0. The second-order valence-corrected chi connectivity index (χ2v) is 8.00. The van der Waals surface area contributed by atoms with Gasteiger partial charge in [-0.05, 0) is 24.3 Å². The number of quaternary nitrogens is 1. The number of methoxy groups -OCH3 is 1. The molecule has 2 aromatic heterocycles. The zero-order valence-electron chi connectivity index (χ0n) is 17.8. The lowest BCUT2D eigenvalue weighted by Gasteiger charge is -2.23. The van der Waals surface area contributed by atoms with Crippen molar-refractivity contribution in [3.8, 4) is 5.75 Å². The summed E-state index contributed by atoms with van der Waals surface area (Å²) in [5.41, 5.74) is 1.30. The Morgan fingerprint density at radius 1 is 1.13 bits per heavy atom. The highest BCUT2D eigenvalue weighted by atomic mass is 16.5. The minimum Gasteiger partial charge on any atom is -0.497 e. The smallest absolute Gasteiger partial charge is 0.332 e. The summed E-state index contributed by atoms with van der Waals surface area (Å²) >= 11 is 0. The number of rotatable bonds is 5. The number of hydrogen-bond acceptors (Lipinski definition) is 6. The van der Waals surface area contributed by atoms with Crippen molar-refractivity contribution < 1.29 is 14.4 Å². The van der Waals surface area contributed by atoms with Crippen LogP contribution in [-0.2, 0) is 24.9 Å². The number of benzene rings is 1. The van der Waals surface area contributed by atoms with Gasteiger partial charge in [-0.1, -0.05) is 0 Å². The fourth-order valence-corrected chi connectivity index (χ4v) is 4.46. The van der Waals surface area contributed by atoms with Crippen molar-refractivity contribution in [2.24, 2.45) is 7.05 Å². The predicted molar refractivity (Wildman–Crippen MR) is 116 cm³/mol. The van der Waals surface area contributed by atoms with Gasteiger partial charge in [-0.15, -0.1) is 0 Å². The van der Waals surface area contributed by atoms with Crippen LogP contribution in [0.3, 0.4) is 0 Å². The highest BCUT2D eigenvalue weighted by molar-refractivity contribution is 5.77. The van der Waals surface area contributed by atoms with Crippen LogP contribution in [0.2, 0.25) is 0 Å². The van der Waals surface area contributed by atoms with Crippen LogP contribution in [0.25, 0.3) is 11.2 Å². The normalized spacial score (nSPS) is 16.8. The fraction of sp³-hybridized carbons (Fsp3) is 0.476. The van der Waals surface area contributed by atoms with Gasteiger partial charge in [0.05, 0.1) is 33.4 Å². The molecule has 4 heterocycles. The molecule has 5 rings (SSSR count). The van der Waals surface area contributed by atoms with Crippen LogP contribution < -0.4 is 25.8 Å². The van der Waals surface area contributed by atoms with E-state index in [1.807, 2.05) is 28.8 Å². The molecule has 2 aliphatic heterocycles. The van der Waals surface area contributed by atoms with E-state index >= 15 is 0 Å². The standard InChI is InChI=1S/C21H26N6O4/c1-23-18-17(19(28)27(21(23)29)8-7-24-11-13-31-14-12-24)26-10-9-25(20(26)22-18)15-3-5-16(30-2)6-4-15/h3-6H,7-14H2,1-2H3/p+1. The van der Waals surface area contributed by atoms with Gasteiger partial charge < -0.3 is 23.8 Å². The molecule has 1 fully saturated rings. The minimum atomic E-state index is -0.321. The summed E-state index contributed by atoms with van der Waals surface area (Å²) in [6.07, 6.45) is 0. The molecule has 1 aromatic carbocycles. The molecule has 164 valence electrons. The summed E-state index contributed by atoms with van der Waals surface area (Å²) < 4.78 is 15.4. The molecule has 0 bridgehead atoms. The molecule has 0 spiro atoms. The lowest BCUT2D eigenvalue weighted by atomic mass is 10.3. The zero-order chi connectivity index (χ0) is 21.5. The summed E-state index contributed by atoms with van der Waals surface area (Å²) in [6, 6.07) is 7.74. The third-order valence-electron chi connectivity index (χ3n) is 6.27. The Morgan fingerprint density at radius 2 is 1.87 bits per heavy atom. The average molecular weight is 427 g/mol. The maximum atomic E-state index is 13.3. The first-order valence-corrected chi connectivity index (χ1v) is 10.6. The van der Waals surface area contributed by atoms with E-state index in [1.165, 1.54) is 14.0 Å². The van der Waals surface area contributed by atoms with Crippen LogP contribution in [0.1, 0.15) is 0 Å². The van der Waals surface area contributed by atoms with Crippen LogP contribution in [0, 0.1) is 0 Å². The molecule has 0 aliphatic carbocycles. The molecule has 10 nitrogen and oxygen atoms in total. The molecule has 2 aliphatic rings. The molecule has 0 saturated carbocycles. The lowest BCUT2D eigenvalue weighted by Crippen LogP contribution is -3.14. The number of aromatic nitrogens is 4. The molecule has 0 atom stereocenters. The largest absolute Gasteiger partial charge is 0.497 e. The van der Waals surface area contributed by atoms with E-state index in [9.17, 15) is 9.59 Å². The van der Waals surface area contributed by atoms with Crippen LogP contribution in [-0.4, -0.2) is 65.2 Å². The molecular weight excluding hydrogens is 400 g/mol. The summed E-state index contributed by atoms with van der Waals surface area (Å²) in [5.74, 6) is 1.47. The first-order valence-electron chi connectivity index (χ1n) is 10.6. The highest BCUT2D eigenvalue weighted by Crippen LogP contribution is 2.32. The van der Waals surface area contributed by atoms with Crippen LogP contribution >= 0.6 is 0 Å². The SMILES string of the molecule is COc1ccc(N2CCn3c2nc2c3c(=O)n(CC[NH+]3CCOCC3)c(=O)n2C)cc1. The molecule has 1 N–H and O–H groups in total. The first kappa shape index (κ1) is 19.8. The van der Waals surface area contributed by atoms with E-state index in [0.29, 0.717) is 36.7 Å². The molecule has 1 saturated heterocycles. The van der Waals surface area contributed by atoms with Gasteiger partial charge in [0, 0.05) is 25.8 Å². The molecule has 31 heavy (non-hydrogen) atoms. The molecule has 0 radical (unpaired) electrons. The predicted octanol–water partition coefficient (Wildman–Crippen LogP) is -1.03. The second kappa shape index (κ2) is 7.86. The molecular formula is C21H27N6O4+. The topological polar surface area (TPSA) is 88.0 Å². The molecule has 0 amide bonds. The van der Waals surface area contributed by atoms with Crippen molar-refractivity contribution in [1.82, 2.24) is 18.7 Å². The summed E-state index contributed by atoms with van der Waals surface area (Å²) in [7, 11) is 3.32. The van der Waals surface area contributed by atoms with Gasteiger partial charge in [0.1, 0.15) is 18.8 Å². The summed E-state index contributed by atoms with van der Waals surface area (Å²) in [6.45, 7) is 5.71. The molecule has 3 aromatic rings. The van der Waals surface area contributed by atoms with Gasteiger partial charge in [0.2, 0.25) is 5.95 Å². The Balaban J connectivity index is 1.53. The number of nitrogens with one attached hydrogen (secondary N) is 1. The number of imidazole rings is 1. The number of hydrogen-bond donors (Lipinski definition) is 1. The number of morpholine rings is 1. The molecule has 10 heteroatoms. The van der Waals surface area contributed by atoms with Crippen LogP contribution in [0.4, 0.5) is 11.6 Å². The van der Waals surface area contributed by atoms with Crippen molar-refractivity contribution in [2.75, 3.05) is 51.4 Å². The number of nitrogens with zero attached hydrogens (tertiary/aromatic N) is 5. The van der Waals surface area contributed by atoms with E-state index in [-0.39, 0.29) is 11.2 Å². The maximum absolute atomic E-state index is 13.3. The Hall–Kier alpha value is -3.11. The van der Waals surface area contributed by atoms with Gasteiger partial charge in [-0.2, -0.15) is 4.98 Å². The van der Waals surface area contributed by atoms with Crippen molar-refractivity contribution in [3.05, 3.63) is 45.1 Å². The quantitative estimate of drug-likeness (QED) is 0.561. The van der Waals surface area contributed by atoms with E-state index in [1.54, 1.807) is 14.2 Å². The fourth-order valence-electron chi connectivity index (χ4n) is 4.46. The van der Waals surface area contributed by atoms with Crippen molar-refractivity contribution in [2.45, 2.75) is 13.1 Å². The Kier molecular flexibility index (Phi) is 5.03. The number of anilines is 2. The number of fused-ring (bicyclic) bond motifs is 3. The number of ether oxygens (including phenoxy) is 2. The van der Waals surface area contributed by atoms with Gasteiger partial charge >= 0.3 is 5.69 Å². The van der Waals surface area contributed by atoms with E-state index < -0.39 is 0 Å². The van der Waals surface area contributed by atoms with Crippen molar-refractivity contribution in [1.29, 1.82) is 0 Å². The maximum Gasteiger partial charge on any atom is 0.332 e. The van der Waals surface area contributed by atoms with Crippen molar-refractivity contribution in [3.63, 3.8) is 0 Å². The Bertz CT molecular complexity index is 1220.